The van der Waals surface area contributed by atoms with Crippen LogP contribution in [0, 0.1) is 6.92 Å². The molecule has 2 aromatic rings. The summed E-state index contributed by atoms with van der Waals surface area (Å²) in [5.41, 5.74) is 2.07. The molecular formula is C19H20N2O4S. The molecule has 7 heteroatoms. The summed E-state index contributed by atoms with van der Waals surface area (Å²) in [6, 6.07) is 10.9. The maximum Gasteiger partial charge on any atom is 0.260 e. The molecular weight excluding hydrogens is 352 g/mol. The van der Waals surface area contributed by atoms with Crippen LogP contribution in [-0.2, 0) is 4.79 Å². The number of carbonyl (C=O) groups excluding carboxylic acids is 1. The summed E-state index contributed by atoms with van der Waals surface area (Å²) in [6.07, 6.45) is 1.65. The minimum Gasteiger partial charge on any atom is -0.504 e. The molecule has 3 rings (SSSR count). The average Bonchev–Trinajstić information content (AvgIpc) is 2.96. The van der Waals surface area contributed by atoms with Crippen LogP contribution in [0.4, 0.5) is 5.69 Å². The Morgan fingerprint density at radius 2 is 1.96 bits per heavy atom. The fraction of sp³-hybridized carbons (Fsp3) is 0.211. The van der Waals surface area contributed by atoms with Crippen molar-refractivity contribution in [2.45, 2.75) is 12.4 Å². The number of anilines is 1. The number of phenols is 1. The number of nitrogens with one attached hydrogen (secondary N) is 2. The van der Waals surface area contributed by atoms with Gasteiger partial charge in [0.1, 0.15) is 5.75 Å². The van der Waals surface area contributed by atoms with E-state index < -0.39 is 0 Å². The molecule has 1 aliphatic rings. The van der Waals surface area contributed by atoms with Crippen molar-refractivity contribution in [3.8, 4) is 17.2 Å². The second kappa shape index (κ2) is 7.61. The van der Waals surface area contributed by atoms with Gasteiger partial charge in [-0.05, 0) is 36.8 Å². The Bertz CT molecular complexity index is 867. The van der Waals surface area contributed by atoms with Gasteiger partial charge < -0.3 is 25.2 Å². The molecule has 0 aromatic heterocycles. The van der Waals surface area contributed by atoms with Gasteiger partial charge in [0, 0.05) is 5.56 Å². The summed E-state index contributed by atoms with van der Waals surface area (Å²) in [6.45, 7) is 1.99. The summed E-state index contributed by atoms with van der Waals surface area (Å²) in [5.74, 6) is 0.865. The molecule has 26 heavy (non-hydrogen) atoms. The predicted molar refractivity (Wildman–Crippen MR) is 104 cm³/mol. The smallest absolute Gasteiger partial charge is 0.260 e. The Hall–Kier alpha value is -2.80. The minimum atomic E-state index is -0.336. The number of methoxy groups -OCH3 is 2. The molecule has 0 bridgehead atoms. The van der Waals surface area contributed by atoms with Gasteiger partial charge in [0.05, 0.1) is 24.8 Å². The Kier molecular flexibility index (Phi) is 5.27. The molecule has 1 atom stereocenters. The number of ether oxygens (including phenoxy) is 2. The number of carbonyl (C=O) groups is 1. The monoisotopic (exact) mass is 372 g/mol. The van der Waals surface area contributed by atoms with Gasteiger partial charge in [0.2, 0.25) is 0 Å². The molecule has 1 saturated heterocycles. The van der Waals surface area contributed by atoms with Gasteiger partial charge in [0.25, 0.3) is 5.91 Å². The first-order valence-electron chi connectivity index (χ1n) is 7.98. The number of para-hydroxylation sites is 1. The molecule has 3 N–H and O–H groups in total. The number of amides is 1. The van der Waals surface area contributed by atoms with Crippen LogP contribution in [0.3, 0.4) is 0 Å². The lowest BCUT2D eigenvalue weighted by molar-refractivity contribution is -0.116. The lowest BCUT2D eigenvalue weighted by Crippen LogP contribution is -2.31. The van der Waals surface area contributed by atoms with E-state index in [1.54, 1.807) is 31.4 Å². The van der Waals surface area contributed by atoms with Gasteiger partial charge in [-0.3, -0.25) is 4.79 Å². The molecule has 0 saturated carbocycles. The van der Waals surface area contributed by atoms with Crippen molar-refractivity contribution >= 4 is 29.4 Å². The normalized spacial score (nSPS) is 17.9. The van der Waals surface area contributed by atoms with Crippen LogP contribution in [0.15, 0.2) is 41.3 Å². The van der Waals surface area contributed by atoms with Crippen LogP contribution in [0.2, 0.25) is 0 Å². The van der Waals surface area contributed by atoms with Crippen LogP contribution in [-0.4, -0.2) is 30.7 Å². The number of rotatable bonds is 5. The summed E-state index contributed by atoms with van der Waals surface area (Å²) in [7, 11) is 3.09. The van der Waals surface area contributed by atoms with Crippen molar-refractivity contribution in [2.24, 2.45) is 0 Å². The van der Waals surface area contributed by atoms with E-state index in [-0.39, 0.29) is 17.2 Å². The topological polar surface area (TPSA) is 79.8 Å². The number of hydrogen-bond donors (Lipinski definition) is 3. The fourth-order valence-corrected chi connectivity index (χ4v) is 3.57. The summed E-state index contributed by atoms with van der Waals surface area (Å²) >= 11 is 1.34. The number of thioether (sulfide) groups is 1. The summed E-state index contributed by atoms with van der Waals surface area (Å²) < 4.78 is 10.5. The van der Waals surface area contributed by atoms with E-state index in [9.17, 15) is 9.90 Å². The number of benzene rings is 2. The highest BCUT2D eigenvalue weighted by Gasteiger charge is 2.28. The van der Waals surface area contributed by atoms with Crippen molar-refractivity contribution in [1.82, 2.24) is 5.32 Å². The number of hydrogen-bond acceptors (Lipinski definition) is 6. The van der Waals surface area contributed by atoms with Crippen LogP contribution < -0.4 is 20.1 Å². The second-order valence-electron chi connectivity index (χ2n) is 5.73. The first-order chi connectivity index (χ1) is 12.5. The molecule has 0 spiro atoms. The van der Waals surface area contributed by atoms with E-state index in [1.807, 2.05) is 25.1 Å². The SMILES string of the molecule is COc1ccc(C)cc1NC1NC(=O)/C(=C/c2cccc(OC)c2O)S1. The van der Waals surface area contributed by atoms with Crippen molar-refractivity contribution in [3.05, 3.63) is 52.4 Å². The molecule has 1 heterocycles. The molecule has 0 radical (unpaired) electrons. The van der Waals surface area contributed by atoms with E-state index in [0.717, 1.165) is 11.3 Å². The van der Waals surface area contributed by atoms with Gasteiger partial charge in [-0.25, -0.2) is 0 Å². The Labute approximate surface area is 156 Å². The van der Waals surface area contributed by atoms with Crippen LogP contribution in [0.25, 0.3) is 6.08 Å². The van der Waals surface area contributed by atoms with E-state index in [1.165, 1.54) is 18.9 Å². The van der Waals surface area contributed by atoms with E-state index >= 15 is 0 Å². The maximum absolute atomic E-state index is 12.3. The Balaban J connectivity index is 1.80. The fourth-order valence-electron chi connectivity index (χ4n) is 2.60. The molecule has 1 aliphatic heterocycles. The molecule has 2 aromatic carbocycles. The third kappa shape index (κ3) is 3.72. The van der Waals surface area contributed by atoms with E-state index in [2.05, 4.69) is 10.6 Å². The first-order valence-corrected chi connectivity index (χ1v) is 8.86. The molecule has 1 fully saturated rings. The zero-order valence-corrected chi connectivity index (χ0v) is 15.5. The minimum absolute atomic E-state index is 0.00709. The average molecular weight is 372 g/mol. The van der Waals surface area contributed by atoms with E-state index in [0.29, 0.717) is 22.0 Å². The van der Waals surface area contributed by atoms with Gasteiger partial charge in [-0.15, -0.1) is 0 Å². The Morgan fingerprint density at radius 1 is 1.19 bits per heavy atom. The van der Waals surface area contributed by atoms with Crippen molar-refractivity contribution in [3.63, 3.8) is 0 Å². The van der Waals surface area contributed by atoms with Crippen molar-refractivity contribution in [2.75, 3.05) is 19.5 Å². The number of aromatic hydroxyl groups is 1. The predicted octanol–water partition coefficient (Wildman–Crippen LogP) is 3.32. The maximum atomic E-state index is 12.3. The number of aryl methyl sites for hydroxylation is 1. The van der Waals surface area contributed by atoms with Crippen LogP contribution >= 0.6 is 11.8 Å². The summed E-state index contributed by atoms with van der Waals surface area (Å²) in [5, 5.41) is 16.3. The number of phenolic OH excluding ortho intramolecular Hbond substituents is 1. The van der Waals surface area contributed by atoms with Gasteiger partial charge >= 0.3 is 0 Å². The third-order valence-electron chi connectivity index (χ3n) is 3.91. The van der Waals surface area contributed by atoms with Gasteiger partial charge in [-0.1, -0.05) is 30.0 Å². The lowest BCUT2D eigenvalue weighted by atomic mass is 10.1. The van der Waals surface area contributed by atoms with Gasteiger partial charge in [0.15, 0.2) is 17.0 Å². The van der Waals surface area contributed by atoms with Gasteiger partial charge in [-0.2, -0.15) is 0 Å². The van der Waals surface area contributed by atoms with Crippen LogP contribution in [0.5, 0.6) is 17.2 Å². The first kappa shape index (κ1) is 18.0. The third-order valence-corrected chi connectivity index (χ3v) is 4.94. The largest absolute Gasteiger partial charge is 0.504 e. The molecule has 6 nitrogen and oxygen atoms in total. The highest BCUT2D eigenvalue weighted by molar-refractivity contribution is 8.05. The summed E-state index contributed by atoms with van der Waals surface area (Å²) in [4.78, 5) is 12.8. The standard InChI is InChI=1S/C19H20N2O4S/c1-11-7-8-14(24-2)13(9-11)20-19-21-18(23)16(26-19)10-12-5-4-6-15(25-3)17(12)22/h4-10,19-20,22H,1-3H3,(H,21,23)/b16-10-. The quantitative estimate of drug-likeness (QED) is 0.699. The van der Waals surface area contributed by atoms with Crippen LogP contribution in [0.1, 0.15) is 11.1 Å². The van der Waals surface area contributed by atoms with Crippen molar-refractivity contribution in [1.29, 1.82) is 0 Å². The molecule has 136 valence electrons. The lowest BCUT2D eigenvalue weighted by Gasteiger charge is -2.16. The van der Waals surface area contributed by atoms with E-state index in [4.69, 9.17) is 9.47 Å². The Morgan fingerprint density at radius 3 is 2.69 bits per heavy atom. The molecule has 1 amide bonds. The van der Waals surface area contributed by atoms with Crippen molar-refractivity contribution < 1.29 is 19.4 Å². The zero-order valence-electron chi connectivity index (χ0n) is 14.7. The second-order valence-corrected chi connectivity index (χ2v) is 6.87. The molecule has 0 aliphatic carbocycles. The highest BCUT2D eigenvalue weighted by atomic mass is 32.2. The highest BCUT2D eigenvalue weighted by Crippen LogP contribution is 2.36. The molecule has 1 unspecified atom stereocenters. The zero-order chi connectivity index (χ0) is 18.7.